The molecule has 1 saturated carbocycles. The highest BCUT2D eigenvalue weighted by molar-refractivity contribution is 9.09. The van der Waals surface area contributed by atoms with E-state index in [0.717, 1.165) is 17.9 Å². The van der Waals surface area contributed by atoms with Crippen LogP contribution in [0.25, 0.3) is 0 Å². The molecule has 0 saturated heterocycles. The molecule has 1 rings (SSSR count). The molecule has 0 heterocycles. The summed E-state index contributed by atoms with van der Waals surface area (Å²) in [5, 5.41) is 0.920. The first-order valence-corrected chi connectivity index (χ1v) is 5.96. The summed E-state index contributed by atoms with van der Waals surface area (Å²) in [4.78, 5) is 0. The fourth-order valence-corrected chi connectivity index (χ4v) is 1.33. The van der Waals surface area contributed by atoms with Gasteiger partial charge in [0.15, 0.2) is 0 Å². The highest BCUT2D eigenvalue weighted by Crippen LogP contribution is 2.33. The number of halogens is 1. The molecule has 1 fully saturated rings. The maximum absolute atomic E-state index is 5.71. The Kier molecular flexibility index (Phi) is 4.04. The summed E-state index contributed by atoms with van der Waals surface area (Å²) < 4.78 is 5.71. The largest absolute Gasteiger partial charge is 0.375 e. The fourth-order valence-electron chi connectivity index (χ4n) is 1.17. The topological polar surface area (TPSA) is 9.23 Å². The van der Waals surface area contributed by atoms with Crippen molar-refractivity contribution in [2.75, 3.05) is 11.9 Å². The lowest BCUT2D eigenvalue weighted by Gasteiger charge is -2.22. The number of hydrogen-bond donors (Lipinski definition) is 0. The second kappa shape index (κ2) is 4.61. The predicted molar refractivity (Wildman–Crippen MR) is 55.8 cm³/mol. The van der Waals surface area contributed by atoms with Crippen LogP contribution in [0.1, 0.15) is 39.5 Å². The molecule has 0 unspecified atom stereocenters. The minimum absolute atomic E-state index is 0.0174. The van der Waals surface area contributed by atoms with Gasteiger partial charge in [0.1, 0.15) is 0 Å². The van der Waals surface area contributed by atoms with Crippen molar-refractivity contribution in [2.24, 2.45) is 5.92 Å². The number of ether oxygens (including phenoxy) is 1. The number of hydrogen-bond acceptors (Lipinski definition) is 1. The van der Waals surface area contributed by atoms with Crippen LogP contribution in [0.3, 0.4) is 0 Å². The van der Waals surface area contributed by atoms with Crippen molar-refractivity contribution in [1.29, 1.82) is 0 Å². The third kappa shape index (κ3) is 4.46. The Bertz CT molecular complexity index is 130. The van der Waals surface area contributed by atoms with Crippen molar-refractivity contribution in [1.82, 2.24) is 0 Å². The van der Waals surface area contributed by atoms with Crippen LogP contribution in [0.2, 0.25) is 0 Å². The molecule has 2 heteroatoms. The molecule has 0 spiro atoms. The Labute approximate surface area is 84.0 Å². The van der Waals surface area contributed by atoms with Gasteiger partial charge in [0.2, 0.25) is 0 Å². The molecule has 0 aromatic heterocycles. The molecule has 72 valence electrons. The SMILES string of the molecule is CC(C)(CBr)OCCCC1CC1. The molecule has 0 radical (unpaired) electrons. The summed E-state index contributed by atoms with van der Waals surface area (Å²) in [5.74, 6) is 1.04. The van der Waals surface area contributed by atoms with E-state index in [1.54, 1.807) is 0 Å². The van der Waals surface area contributed by atoms with E-state index in [1.165, 1.54) is 25.7 Å². The van der Waals surface area contributed by atoms with Crippen LogP contribution < -0.4 is 0 Å². The molecule has 1 aliphatic carbocycles. The highest BCUT2D eigenvalue weighted by Gasteiger charge is 2.21. The molecule has 0 aliphatic heterocycles. The Morgan fingerprint density at radius 2 is 2.08 bits per heavy atom. The van der Waals surface area contributed by atoms with Crippen molar-refractivity contribution >= 4 is 15.9 Å². The van der Waals surface area contributed by atoms with Crippen LogP contribution >= 0.6 is 15.9 Å². The summed E-state index contributed by atoms with van der Waals surface area (Å²) in [6, 6.07) is 0. The van der Waals surface area contributed by atoms with Crippen molar-refractivity contribution in [3.8, 4) is 0 Å². The van der Waals surface area contributed by atoms with Crippen LogP contribution in [-0.2, 0) is 4.74 Å². The van der Waals surface area contributed by atoms with Crippen LogP contribution in [0.4, 0.5) is 0 Å². The van der Waals surface area contributed by atoms with E-state index < -0.39 is 0 Å². The molecular formula is C10H19BrO. The van der Waals surface area contributed by atoms with Crippen LogP contribution in [0.15, 0.2) is 0 Å². The van der Waals surface area contributed by atoms with Gasteiger partial charge in [0, 0.05) is 11.9 Å². The molecule has 0 bridgehead atoms. The van der Waals surface area contributed by atoms with E-state index in [2.05, 4.69) is 29.8 Å². The van der Waals surface area contributed by atoms with E-state index in [1.807, 2.05) is 0 Å². The molecule has 0 atom stereocenters. The van der Waals surface area contributed by atoms with Crippen LogP contribution in [-0.4, -0.2) is 17.5 Å². The molecule has 1 aliphatic rings. The number of rotatable bonds is 6. The summed E-state index contributed by atoms with van der Waals surface area (Å²) in [6.07, 6.45) is 5.53. The van der Waals surface area contributed by atoms with Gasteiger partial charge in [-0.25, -0.2) is 0 Å². The molecule has 0 aromatic carbocycles. The standard InChI is InChI=1S/C10H19BrO/c1-10(2,8-11)12-7-3-4-9-5-6-9/h9H,3-8H2,1-2H3. The summed E-state index contributed by atoms with van der Waals surface area (Å²) >= 11 is 3.44. The van der Waals surface area contributed by atoms with E-state index in [0.29, 0.717) is 0 Å². The van der Waals surface area contributed by atoms with Gasteiger partial charge >= 0.3 is 0 Å². The lowest BCUT2D eigenvalue weighted by atomic mass is 10.2. The van der Waals surface area contributed by atoms with Crippen LogP contribution in [0.5, 0.6) is 0 Å². The van der Waals surface area contributed by atoms with Crippen molar-refractivity contribution in [3.63, 3.8) is 0 Å². The van der Waals surface area contributed by atoms with Gasteiger partial charge in [0.05, 0.1) is 5.60 Å². The maximum Gasteiger partial charge on any atom is 0.0722 e. The minimum atomic E-state index is 0.0174. The third-order valence-electron chi connectivity index (χ3n) is 2.27. The zero-order valence-corrected chi connectivity index (χ0v) is 9.69. The smallest absolute Gasteiger partial charge is 0.0722 e. The van der Waals surface area contributed by atoms with E-state index in [4.69, 9.17) is 4.74 Å². The van der Waals surface area contributed by atoms with Crippen molar-refractivity contribution < 1.29 is 4.74 Å². The quantitative estimate of drug-likeness (QED) is 0.506. The molecule has 0 aromatic rings. The van der Waals surface area contributed by atoms with E-state index in [9.17, 15) is 0 Å². The average molecular weight is 235 g/mol. The first-order valence-electron chi connectivity index (χ1n) is 4.84. The summed E-state index contributed by atoms with van der Waals surface area (Å²) in [5.41, 5.74) is 0.0174. The second-order valence-corrected chi connectivity index (χ2v) is 4.89. The first-order chi connectivity index (χ1) is 5.64. The van der Waals surface area contributed by atoms with Crippen molar-refractivity contribution in [2.45, 2.75) is 45.1 Å². The van der Waals surface area contributed by atoms with E-state index in [-0.39, 0.29) is 5.60 Å². The van der Waals surface area contributed by atoms with Gasteiger partial charge in [-0.3, -0.25) is 0 Å². The Hall–Kier alpha value is 0.440. The Balaban J connectivity index is 1.92. The molecular weight excluding hydrogens is 216 g/mol. The predicted octanol–water partition coefficient (Wildman–Crippen LogP) is 3.37. The van der Waals surface area contributed by atoms with Gasteiger partial charge in [0.25, 0.3) is 0 Å². The minimum Gasteiger partial charge on any atom is -0.375 e. The lowest BCUT2D eigenvalue weighted by Crippen LogP contribution is -2.26. The molecule has 0 N–H and O–H groups in total. The number of alkyl halides is 1. The van der Waals surface area contributed by atoms with Gasteiger partial charge in [-0.05, 0) is 32.6 Å². The van der Waals surface area contributed by atoms with Gasteiger partial charge in [-0.2, -0.15) is 0 Å². The average Bonchev–Trinajstić information content (AvgIpc) is 2.82. The Morgan fingerprint density at radius 3 is 2.58 bits per heavy atom. The zero-order chi connectivity index (χ0) is 9.03. The second-order valence-electron chi connectivity index (χ2n) is 4.33. The summed E-state index contributed by atoms with van der Waals surface area (Å²) in [6.45, 7) is 5.17. The monoisotopic (exact) mass is 234 g/mol. The zero-order valence-electron chi connectivity index (χ0n) is 8.11. The third-order valence-corrected chi connectivity index (χ3v) is 3.62. The van der Waals surface area contributed by atoms with Crippen molar-refractivity contribution in [3.05, 3.63) is 0 Å². The van der Waals surface area contributed by atoms with Gasteiger partial charge in [-0.1, -0.05) is 28.8 Å². The van der Waals surface area contributed by atoms with Crippen LogP contribution in [0, 0.1) is 5.92 Å². The molecule has 12 heavy (non-hydrogen) atoms. The fraction of sp³-hybridized carbons (Fsp3) is 1.00. The lowest BCUT2D eigenvalue weighted by molar-refractivity contribution is -0.000405. The van der Waals surface area contributed by atoms with E-state index >= 15 is 0 Å². The van der Waals surface area contributed by atoms with Gasteiger partial charge in [-0.15, -0.1) is 0 Å². The maximum atomic E-state index is 5.71. The molecule has 0 amide bonds. The Morgan fingerprint density at radius 1 is 1.42 bits per heavy atom. The molecule has 1 nitrogen and oxygen atoms in total. The highest BCUT2D eigenvalue weighted by atomic mass is 79.9. The first kappa shape index (κ1) is 10.5. The van der Waals surface area contributed by atoms with Gasteiger partial charge < -0.3 is 4.74 Å². The summed E-state index contributed by atoms with van der Waals surface area (Å²) in [7, 11) is 0. The normalized spacial score (nSPS) is 18.2.